The summed E-state index contributed by atoms with van der Waals surface area (Å²) in [5.74, 6) is 2.50. The van der Waals surface area contributed by atoms with E-state index in [9.17, 15) is 4.79 Å². The van der Waals surface area contributed by atoms with Crippen LogP contribution in [0.5, 0.6) is 17.2 Å². The first kappa shape index (κ1) is 20.2. The molecule has 0 aliphatic carbocycles. The third-order valence-corrected chi connectivity index (χ3v) is 4.64. The maximum absolute atomic E-state index is 12.4. The van der Waals surface area contributed by atoms with Crippen LogP contribution in [0.25, 0.3) is 22.8 Å². The second-order valence-electron chi connectivity index (χ2n) is 6.59. The molecular formula is C24H20N2O5. The fraction of sp³-hybridized carbons (Fsp3) is 0.125. The zero-order chi connectivity index (χ0) is 21.6. The predicted octanol–water partition coefficient (Wildman–Crippen LogP) is 4.68. The van der Waals surface area contributed by atoms with E-state index in [2.05, 4.69) is 10.1 Å². The van der Waals surface area contributed by atoms with Crippen molar-refractivity contribution in [2.75, 3.05) is 20.8 Å². The van der Waals surface area contributed by atoms with Crippen molar-refractivity contribution < 1.29 is 23.5 Å². The van der Waals surface area contributed by atoms with Crippen molar-refractivity contribution in [2.45, 2.75) is 0 Å². The summed E-state index contributed by atoms with van der Waals surface area (Å²) in [6.07, 6.45) is 0. The second kappa shape index (κ2) is 9.13. The first-order valence-corrected chi connectivity index (χ1v) is 9.55. The zero-order valence-corrected chi connectivity index (χ0v) is 17.1. The molecule has 0 unspecified atom stereocenters. The Balaban J connectivity index is 1.47. The van der Waals surface area contributed by atoms with Crippen LogP contribution in [-0.4, -0.2) is 36.8 Å². The topological polar surface area (TPSA) is 83.7 Å². The molecular weight excluding hydrogens is 396 g/mol. The quantitative estimate of drug-likeness (QED) is 0.386. The van der Waals surface area contributed by atoms with Crippen molar-refractivity contribution in [3.05, 3.63) is 78.4 Å². The summed E-state index contributed by atoms with van der Waals surface area (Å²) >= 11 is 0. The summed E-state index contributed by atoms with van der Waals surface area (Å²) in [5, 5.41) is 4.06. The Bertz CT molecular complexity index is 1180. The first-order valence-electron chi connectivity index (χ1n) is 9.55. The van der Waals surface area contributed by atoms with Crippen LogP contribution < -0.4 is 14.2 Å². The number of rotatable bonds is 8. The molecule has 0 amide bonds. The van der Waals surface area contributed by atoms with Gasteiger partial charge in [0.25, 0.3) is 5.89 Å². The highest BCUT2D eigenvalue weighted by Gasteiger charge is 2.15. The van der Waals surface area contributed by atoms with E-state index in [1.54, 1.807) is 50.6 Å². The Hall–Kier alpha value is -4.13. The van der Waals surface area contributed by atoms with Crippen LogP contribution in [-0.2, 0) is 0 Å². The van der Waals surface area contributed by atoms with Gasteiger partial charge < -0.3 is 18.7 Å². The van der Waals surface area contributed by atoms with Crippen molar-refractivity contribution in [2.24, 2.45) is 0 Å². The third kappa shape index (κ3) is 4.56. The average molecular weight is 416 g/mol. The van der Waals surface area contributed by atoms with Crippen LogP contribution in [0.15, 0.2) is 77.3 Å². The Morgan fingerprint density at radius 2 is 1.71 bits per heavy atom. The van der Waals surface area contributed by atoms with E-state index in [-0.39, 0.29) is 12.4 Å². The molecule has 4 aromatic rings. The van der Waals surface area contributed by atoms with Crippen LogP contribution in [0.3, 0.4) is 0 Å². The second-order valence-corrected chi connectivity index (χ2v) is 6.59. The lowest BCUT2D eigenvalue weighted by Gasteiger charge is -2.07. The molecule has 0 saturated carbocycles. The van der Waals surface area contributed by atoms with Gasteiger partial charge in [0.15, 0.2) is 12.4 Å². The van der Waals surface area contributed by atoms with Crippen LogP contribution >= 0.6 is 0 Å². The molecule has 1 aromatic heterocycles. The number of aromatic nitrogens is 2. The average Bonchev–Trinajstić information content (AvgIpc) is 3.33. The Labute approximate surface area is 179 Å². The molecule has 31 heavy (non-hydrogen) atoms. The molecule has 0 spiro atoms. The number of carbonyl (C=O) groups is 1. The molecule has 0 radical (unpaired) electrons. The largest absolute Gasteiger partial charge is 0.497 e. The summed E-state index contributed by atoms with van der Waals surface area (Å²) in [4.78, 5) is 16.8. The predicted molar refractivity (Wildman–Crippen MR) is 115 cm³/mol. The molecule has 0 aliphatic heterocycles. The van der Waals surface area contributed by atoms with E-state index in [0.29, 0.717) is 45.7 Å². The molecule has 0 atom stereocenters. The van der Waals surface area contributed by atoms with Gasteiger partial charge in [-0.15, -0.1) is 0 Å². The Morgan fingerprint density at radius 3 is 2.48 bits per heavy atom. The van der Waals surface area contributed by atoms with Gasteiger partial charge in [-0.05, 0) is 48.5 Å². The van der Waals surface area contributed by atoms with E-state index in [1.807, 2.05) is 36.4 Å². The number of ether oxygens (including phenoxy) is 3. The molecule has 7 heteroatoms. The molecule has 7 nitrogen and oxygen atoms in total. The normalized spacial score (nSPS) is 10.5. The van der Waals surface area contributed by atoms with Gasteiger partial charge in [-0.1, -0.05) is 29.4 Å². The van der Waals surface area contributed by atoms with Gasteiger partial charge in [0.2, 0.25) is 5.82 Å². The van der Waals surface area contributed by atoms with Crippen LogP contribution in [0.2, 0.25) is 0 Å². The molecule has 3 aromatic carbocycles. The minimum Gasteiger partial charge on any atom is -0.497 e. The zero-order valence-electron chi connectivity index (χ0n) is 17.1. The molecule has 156 valence electrons. The van der Waals surface area contributed by atoms with Gasteiger partial charge in [-0.25, -0.2) is 0 Å². The van der Waals surface area contributed by atoms with Crippen LogP contribution in [0.4, 0.5) is 0 Å². The number of hydrogen-bond acceptors (Lipinski definition) is 7. The summed E-state index contributed by atoms with van der Waals surface area (Å²) in [6, 6.07) is 21.5. The van der Waals surface area contributed by atoms with E-state index in [0.717, 1.165) is 0 Å². The highest BCUT2D eigenvalue weighted by Crippen LogP contribution is 2.30. The van der Waals surface area contributed by atoms with Crippen molar-refractivity contribution >= 4 is 5.78 Å². The number of methoxy groups -OCH3 is 2. The third-order valence-electron chi connectivity index (χ3n) is 4.64. The smallest absolute Gasteiger partial charge is 0.262 e. The summed E-state index contributed by atoms with van der Waals surface area (Å²) in [7, 11) is 3.17. The maximum Gasteiger partial charge on any atom is 0.262 e. The minimum absolute atomic E-state index is 0.0888. The van der Waals surface area contributed by atoms with E-state index >= 15 is 0 Å². The first-order chi connectivity index (χ1) is 15.2. The van der Waals surface area contributed by atoms with Crippen molar-refractivity contribution in [3.8, 4) is 40.1 Å². The minimum atomic E-state index is -0.133. The van der Waals surface area contributed by atoms with Crippen LogP contribution in [0, 0.1) is 0 Å². The Kier molecular flexibility index (Phi) is 5.93. The number of nitrogens with zero attached hydrogens (tertiary/aromatic N) is 2. The van der Waals surface area contributed by atoms with Gasteiger partial charge >= 0.3 is 0 Å². The molecule has 0 aliphatic rings. The van der Waals surface area contributed by atoms with Crippen molar-refractivity contribution in [3.63, 3.8) is 0 Å². The Morgan fingerprint density at radius 1 is 0.903 bits per heavy atom. The number of benzene rings is 3. The molecule has 4 rings (SSSR count). The highest BCUT2D eigenvalue weighted by molar-refractivity contribution is 5.97. The van der Waals surface area contributed by atoms with Crippen molar-refractivity contribution in [1.29, 1.82) is 0 Å². The van der Waals surface area contributed by atoms with Gasteiger partial charge in [0.1, 0.15) is 17.2 Å². The van der Waals surface area contributed by atoms with Crippen LogP contribution in [0.1, 0.15) is 10.4 Å². The molecule has 1 heterocycles. The molecule has 0 bridgehead atoms. The molecule has 0 N–H and O–H groups in total. The lowest BCUT2D eigenvalue weighted by atomic mass is 10.1. The number of para-hydroxylation sites is 1. The summed E-state index contributed by atoms with van der Waals surface area (Å²) in [5.41, 5.74) is 1.97. The van der Waals surface area contributed by atoms with E-state index < -0.39 is 0 Å². The monoisotopic (exact) mass is 416 g/mol. The lowest BCUT2D eigenvalue weighted by Crippen LogP contribution is -2.11. The fourth-order valence-corrected chi connectivity index (χ4v) is 3.01. The summed E-state index contributed by atoms with van der Waals surface area (Å²) < 4.78 is 21.6. The van der Waals surface area contributed by atoms with Gasteiger partial charge in [-0.2, -0.15) is 4.98 Å². The molecule has 0 saturated heterocycles. The van der Waals surface area contributed by atoms with Gasteiger partial charge in [-0.3, -0.25) is 4.79 Å². The highest BCUT2D eigenvalue weighted by atomic mass is 16.5. The lowest BCUT2D eigenvalue weighted by molar-refractivity contribution is 0.0921. The maximum atomic E-state index is 12.4. The van der Waals surface area contributed by atoms with E-state index in [1.165, 1.54) is 0 Å². The van der Waals surface area contributed by atoms with Gasteiger partial charge in [0.05, 0.1) is 19.8 Å². The standard InChI is InChI=1S/C24H20N2O5/c1-28-18-12-10-16(11-13-18)21(27)15-30-19-7-5-6-17(14-19)23-25-24(31-26-23)20-8-3-4-9-22(20)29-2/h3-14H,15H2,1-2H3. The summed E-state index contributed by atoms with van der Waals surface area (Å²) in [6.45, 7) is -0.0888. The van der Waals surface area contributed by atoms with Gasteiger partial charge in [0, 0.05) is 11.1 Å². The number of hydrogen-bond donors (Lipinski definition) is 0. The fourth-order valence-electron chi connectivity index (χ4n) is 3.01. The number of ketones is 1. The van der Waals surface area contributed by atoms with E-state index in [4.69, 9.17) is 18.7 Å². The number of Topliss-reactive ketones (excluding diaryl/α,β-unsaturated/α-hetero) is 1. The molecule has 0 fully saturated rings. The van der Waals surface area contributed by atoms with Crippen molar-refractivity contribution in [1.82, 2.24) is 10.1 Å². The number of carbonyl (C=O) groups excluding carboxylic acids is 1. The SMILES string of the molecule is COc1ccc(C(=O)COc2cccc(-c3noc(-c4ccccc4OC)n3)c2)cc1.